The van der Waals surface area contributed by atoms with Gasteiger partial charge < -0.3 is 10.6 Å². The Balaban J connectivity index is 2.26. The first kappa shape index (κ1) is 16.7. The molecule has 2 rings (SSSR count). The zero-order chi connectivity index (χ0) is 17.0. The van der Waals surface area contributed by atoms with Crippen LogP contribution in [0.1, 0.15) is 44.3 Å². The maximum absolute atomic E-state index is 12.5. The molecule has 2 aromatic rings. The second kappa shape index (κ2) is 7.09. The third-order valence-electron chi connectivity index (χ3n) is 3.57. The highest BCUT2D eigenvalue weighted by Crippen LogP contribution is 2.19. The van der Waals surface area contributed by atoms with Gasteiger partial charge in [-0.3, -0.25) is 9.59 Å². The van der Waals surface area contributed by atoms with Crippen molar-refractivity contribution < 1.29 is 9.59 Å². The molecular weight excluding hydrogens is 288 g/mol. The summed E-state index contributed by atoms with van der Waals surface area (Å²) in [6.45, 7) is 8.26. The molecule has 0 saturated carbocycles. The number of nitrogens with one attached hydrogen (secondary N) is 2. The number of aryl methyl sites for hydroxylation is 3. The number of carbonyl (C=O) groups is 2. The number of hydrogen-bond donors (Lipinski definition) is 2. The van der Waals surface area contributed by atoms with Crippen LogP contribution in [0.5, 0.6) is 0 Å². The maximum atomic E-state index is 12.5. The molecule has 0 unspecified atom stereocenters. The van der Waals surface area contributed by atoms with Gasteiger partial charge in [-0.1, -0.05) is 23.3 Å². The Bertz CT molecular complexity index is 731. The van der Waals surface area contributed by atoms with Gasteiger partial charge in [0.05, 0.1) is 0 Å². The van der Waals surface area contributed by atoms with Crippen LogP contribution < -0.4 is 10.6 Å². The molecule has 4 heteroatoms. The number of amides is 2. The Hall–Kier alpha value is -2.62. The standard InChI is InChI=1S/C19H22N2O2/c1-5-20-18(22)15-7-6-14(4)17(11-15)21-19(23)16-9-12(2)8-13(3)10-16/h6-11H,5H2,1-4H3,(H,20,22)(H,21,23). The number of hydrogen-bond acceptors (Lipinski definition) is 2. The van der Waals surface area contributed by atoms with Crippen molar-refractivity contribution in [2.24, 2.45) is 0 Å². The Labute approximate surface area is 136 Å². The molecular formula is C19H22N2O2. The minimum absolute atomic E-state index is 0.144. The molecule has 0 fully saturated rings. The Morgan fingerprint density at radius 3 is 2.13 bits per heavy atom. The van der Waals surface area contributed by atoms with Gasteiger partial charge in [0.25, 0.3) is 11.8 Å². The van der Waals surface area contributed by atoms with Crippen LogP contribution in [-0.4, -0.2) is 18.4 Å². The largest absolute Gasteiger partial charge is 0.352 e. The van der Waals surface area contributed by atoms with Gasteiger partial charge in [-0.2, -0.15) is 0 Å². The van der Waals surface area contributed by atoms with E-state index in [0.29, 0.717) is 23.4 Å². The molecule has 0 spiro atoms. The molecule has 0 saturated heterocycles. The van der Waals surface area contributed by atoms with Crippen molar-refractivity contribution >= 4 is 17.5 Å². The van der Waals surface area contributed by atoms with Crippen LogP contribution >= 0.6 is 0 Å². The van der Waals surface area contributed by atoms with Crippen LogP contribution in [0.25, 0.3) is 0 Å². The van der Waals surface area contributed by atoms with Gasteiger partial charge in [0.1, 0.15) is 0 Å². The average molecular weight is 310 g/mol. The normalized spacial score (nSPS) is 10.3. The summed E-state index contributed by atoms with van der Waals surface area (Å²) in [5, 5.41) is 5.66. The van der Waals surface area contributed by atoms with E-state index in [4.69, 9.17) is 0 Å². The topological polar surface area (TPSA) is 58.2 Å². The maximum Gasteiger partial charge on any atom is 0.255 e. The van der Waals surface area contributed by atoms with Crippen molar-refractivity contribution in [3.05, 3.63) is 64.2 Å². The molecule has 2 N–H and O–H groups in total. The SMILES string of the molecule is CCNC(=O)c1ccc(C)c(NC(=O)c2cc(C)cc(C)c2)c1. The van der Waals surface area contributed by atoms with Crippen molar-refractivity contribution in [1.82, 2.24) is 5.32 Å². The monoisotopic (exact) mass is 310 g/mol. The smallest absolute Gasteiger partial charge is 0.255 e. The van der Waals surface area contributed by atoms with Crippen LogP contribution in [0.2, 0.25) is 0 Å². The van der Waals surface area contributed by atoms with Crippen LogP contribution in [0.3, 0.4) is 0 Å². The number of rotatable bonds is 4. The lowest BCUT2D eigenvalue weighted by Crippen LogP contribution is -2.23. The molecule has 0 heterocycles. The zero-order valence-corrected chi connectivity index (χ0v) is 14.0. The van der Waals surface area contributed by atoms with E-state index < -0.39 is 0 Å². The Kier molecular flexibility index (Phi) is 5.16. The van der Waals surface area contributed by atoms with E-state index in [-0.39, 0.29) is 11.8 Å². The number of benzene rings is 2. The average Bonchev–Trinajstić information content (AvgIpc) is 2.48. The highest BCUT2D eigenvalue weighted by atomic mass is 16.2. The highest BCUT2D eigenvalue weighted by Gasteiger charge is 2.11. The third-order valence-corrected chi connectivity index (χ3v) is 3.57. The highest BCUT2D eigenvalue weighted by molar-refractivity contribution is 6.05. The number of carbonyl (C=O) groups excluding carboxylic acids is 2. The molecule has 0 aliphatic heterocycles. The summed E-state index contributed by atoms with van der Waals surface area (Å²) in [4.78, 5) is 24.4. The fraction of sp³-hybridized carbons (Fsp3) is 0.263. The van der Waals surface area contributed by atoms with Gasteiger partial charge >= 0.3 is 0 Å². The van der Waals surface area contributed by atoms with Crippen LogP contribution in [0, 0.1) is 20.8 Å². The van der Waals surface area contributed by atoms with E-state index in [0.717, 1.165) is 16.7 Å². The molecule has 120 valence electrons. The van der Waals surface area contributed by atoms with E-state index in [1.807, 2.05) is 52.0 Å². The predicted octanol–water partition coefficient (Wildman–Crippen LogP) is 3.61. The first-order valence-corrected chi connectivity index (χ1v) is 7.69. The summed E-state index contributed by atoms with van der Waals surface area (Å²) < 4.78 is 0. The summed E-state index contributed by atoms with van der Waals surface area (Å²) in [5.74, 6) is -0.317. The lowest BCUT2D eigenvalue weighted by Gasteiger charge is -2.11. The molecule has 2 aromatic carbocycles. The molecule has 0 aromatic heterocycles. The molecule has 0 radical (unpaired) electrons. The zero-order valence-electron chi connectivity index (χ0n) is 14.0. The molecule has 4 nitrogen and oxygen atoms in total. The van der Waals surface area contributed by atoms with Gasteiger partial charge in [0, 0.05) is 23.4 Å². The van der Waals surface area contributed by atoms with Crippen LogP contribution in [0.15, 0.2) is 36.4 Å². The van der Waals surface area contributed by atoms with Gasteiger partial charge in [-0.15, -0.1) is 0 Å². The minimum Gasteiger partial charge on any atom is -0.352 e. The van der Waals surface area contributed by atoms with Crippen molar-refractivity contribution in [3.8, 4) is 0 Å². The van der Waals surface area contributed by atoms with Gasteiger partial charge in [0.2, 0.25) is 0 Å². The van der Waals surface area contributed by atoms with Crippen molar-refractivity contribution in [1.29, 1.82) is 0 Å². The lowest BCUT2D eigenvalue weighted by molar-refractivity contribution is 0.0954. The Morgan fingerprint density at radius 2 is 1.52 bits per heavy atom. The number of anilines is 1. The second-order valence-electron chi connectivity index (χ2n) is 5.72. The molecule has 0 bridgehead atoms. The summed E-state index contributed by atoms with van der Waals surface area (Å²) in [7, 11) is 0. The third kappa shape index (κ3) is 4.19. The molecule has 0 atom stereocenters. The molecule has 2 amide bonds. The van der Waals surface area contributed by atoms with Crippen LogP contribution in [0.4, 0.5) is 5.69 Å². The fourth-order valence-electron chi connectivity index (χ4n) is 2.46. The summed E-state index contributed by atoms with van der Waals surface area (Å²) in [5.41, 5.74) is 4.80. The lowest BCUT2D eigenvalue weighted by atomic mass is 10.1. The van der Waals surface area contributed by atoms with Crippen molar-refractivity contribution in [2.45, 2.75) is 27.7 Å². The van der Waals surface area contributed by atoms with Gasteiger partial charge in [0.15, 0.2) is 0 Å². The quantitative estimate of drug-likeness (QED) is 0.906. The van der Waals surface area contributed by atoms with Crippen molar-refractivity contribution in [3.63, 3.8) is 0 Å². The summed E-state index contributed by atoms with van der Waals surface area (Å²) >= 11 is 0. The van der Waals surface area contributed by atoms with E-state index in [9.17, 15) is 9.59 Å². The molecule has 0 aliphatic carbocycles. The first-order chi connectivity index (χ1) is 10.9. The molecule has 23 heavy (non-hydrogen) atoms. The van der Waals surface area contributed by atoms with E-state index in [1.165, 1.54) is 0 Å². The van der Waals surface area contributed by atoms with Crippen LogP contribution in [-0.2, 0) is 0 Å². The van der Waals surface area contributed by atoms with E-state index in [1.54, 1.807) is 12.1 Å². The van der Waals surface area contributed by atoms with E-state index >= 15 is 0 Å². The Morgan fingerprint density at radius 1 is 0.870 bits per heavy atom. The van der Waals surface area contributed by atoms with Crippen molar-refractivity contribution in [2.75, 3.05) is 11.9 Å². The van der Waals surface area contributed by atoms with E-state index in [2.05, 4.69) is 10.6 Å². The molecule has 0 aliphatic rings. The predicted molar refractivity (Wildman–Crippen MR) is 93.1 cm³/mol. The van der Waals surface area contributed by atoms with Gasteiger partial charge in [-0.05, 0) is 57.5 Å². The van der Waals surface area contributed by atoms with Gasteiger partial charge in [-0.25, -0.2) is 0 Å². The second-order valence-corrected chi connectivity index (χ2v) is 5.72. The minimum atomic E-state index is -0.173. The first-order valence-electron chi connectivity index (χ1n) is 7.69. The fourth-order valence-corrected chi connectivity index (χ4v) is 2.46. The summed E-state index contributed by atoms with van der Waals surface area (Å²) in [6.07, 6.45) is 0. The summed E-state index contributed by atoms with van der Waals surface area (Å²) in [6, 6.07) is 11.0.